The number of ether oxygens (including phenoxy) is 1. The maximum atomic E-state index is 12.0. The third kappa shape index (κ3) is 6.34. The minimum absolute atomic E-state index is 0.00273. The van der Waals surface area contributed by atoms with Crippen LogP contribution in [-0.2, 0) is 14.3 Å². The van der Waals surface area contributed by atoms with Crippen LogP contribution in [0.15, 0.2) is 0 Å². The SMILES string of the molecule is CCC(C)C(NC(=O)CN(CCO)C(C)C)C(=O)OC. The van der Waals surface area contributed by atoms with Gasteiger partial charge in [0, 0.05) is 12.6 Å². The fourth-order valence-corrected chi connectivity index (χ4v) is 1.85. The number of carbonyl (C=O) groups excluding carboxylic acids is 2. The molecule has 20 heavy (non-hydrogen) atoms. The lowest BCUT2D eigenvalue weighted by molar-refractivity contribution is -0.146. The number of rotatable bonds is 9. The van der Waals surface area contributed by atoms with Crippen LogP contribution in [0.3, 0.4) is 0 Å². The summed E-state index contributed by atoms with van der Waals surface area (Å²) in [7, 11) is 1.32. The summed E-state index contributed by atoms with van der Waals surface area (Å²) < 4.78 is 4.73. The van der Waals surface area contributed by atoms with E-state index in [0.29, 0.717) is 6.54 Å². The van der Waals surface area contributed by atoms with Crippen LogP contribution in [0.25, 0.3) is 0 Å². The van der Waals surface area contributed by atoms with Crippen molar-refractivity contribution < 1.29 is 19.4 Å². The molecule has 0 saturated heterocycles. The highest BCUT2D eigenvalue weighted by Gasteiger charge is 2.27. The summed E-state index contributed by atoms with van der Waals surface area (Å²) in [6.45, 7) is 8.34. The molecule has 0 radical (unpaired) electrons. The second-order valence-electron chi connectivity index (χ2n) is 5.24. The number of aliphatic hydroxyl groups excluding tert-OH is 1. The molecule has 2 atom stereocenters. The van der Waals surface area contributed by atoms with Crippen molar-refractivity contribution in [3.63, 3.8) is 0 Å². The first-order valence-corrected chi connectivity index (χ1v) is 7.09. The lowest BCUT2D eigenvalue weighted by Crippen LogP contribution is -2.50. The van der Waals surface area contributed by atoms with Crippen molar-refractivity contribution in [1.82, 2.24) is 10.2 Å². The van der Waals surface area contributed by atoms with Gasteiger partial charge < -0.3 is 15.2 Å². The Labute approximate surface area is 121 Å². The maximum Gasteiger partial charge on any atom is 0.328 e. The Morgan fingerprint density at radius 1 is 1.30 bits per heavy atom. The van der Waals surface area contributed by atoms with Crippen LogP contribution in [0.5, 0.6) is 0 Å². The standard InChI is InChI=1S/C14H28N2O4/c1-6-11(4)13(14(19)20-5)15-12(18)9-16(7-8-17)10(2)3/h10-11,13,17H,6-9H2,1-5H3,(H,15,18). The highest BCUT2D eigenvalue weighted by atomic mass is 16.5. The van der Waals surface area contributed by atoms with Crippen LogP contribution in [-0.4, -0.2) is 60.8 Å². The summed E-state index contributed by atoms with van der Waals surface area (Å²) in [6, 6.07) is -0.478. The first-order valence-electron chi connectivity index (χ1n) is 7.09. The zero-order chi connectivity index (χ0) is 15.7. The van der Waals surface area contributed by atoms with E-state index >= 15 is 0 Å². The predicted molar refractivity (Wildman–Crippen MR) is 77.2 cm³/mol. The van der Waals surface area contributed by atoms with Crippen LogP contribution >= 0.6 is 0 Å². The minimum Gasteiger partial charge on any atom is -0.467 e. The fraction of sp³-hybridized carbons (Fsp3) is 0.857. The summed E-state index contributed by atoms with van der Waals surface area (Å²) in [5.41, 5.74) is 0. The highest BCUT2D eigenvalue weighted by molar-refractivity contribution is 5.85. The summed E-state index contributed by atoms with van der Waals surface area (Å²) in [4.78, 5) is 25.6. The molecule has 0 rings (SSSR count). The normalized spacial score (nSPS) is 14.2. The Balaban J connectivity index is 4.63. The van der Waals surface area contributed by atoms with Gasteiger partial charge in [0.2, 0.25) is 5.91 Å². The molecule has 6 heteroatoms. The van der Waals surface area contributed by atoms with Gasteiger partial charge in [0.05, 0.1) is 20.3 Å². The van der Waals surface area contributed by atoms with Crippen molar-refractivity contribution >= 4 is 11.9 Å². The summed E-state index contributed by atoms with van der Waals surface area (Å²) in [5, 5.41) is 11.7. The van der Waals surface area contributed by atoms with Crippen LogP contribution in [0, 0.1) is 5.92 Å². The number of hydrogen-bond acceptors (Lipinski definition) is 5. The average molecular weight is 288 g/mol. The molecule has 0 heterocycles. The van der Waals surface area contributed by atoms with E-state index in [1.54, 1.807) is 0 Å². The number of carbonyl (C=O) groups is 2. The van der Waals surface area contributed by atoms with Gasteiger partial charge in [0.15, 0.2) is 0 Å². The number of esters is 1. The van der Waals surface area contributed by atoms with E-state index in [-0.39, 0.29) is 31.0 Å². The van der Waals surface area contributed by atoms with Crippen LogP contribution in [0.4, 0.5) is 0 Å². The molecule has 0 saturated carbocycles. The molecule has 0 aromatic carbocycles. The van der Waals surface area contributed by atoms with Gasteiger partial charge in [-0.15, -0.1) is 0 Å². The molecule has 2 unspecified atom stereocenters. The van der Waals surface area contributed by atoms with E-state index in [0.717, 1.165) is 6.42 Å². The second-order valence-corrected chi connectivity index (χ2v) is 5.24. The smallest absolute Gasteiger partial charge is 0.328 e. The summed E-state index contributed by atoms with van der Waals surface area (Å²) in [5.74, 6) is -0.648. The molecule has 0 bridgehead atoms. The number of hydrogen-bond donors (Lipinski definition) is 2. The van der Waals surface area contributed by atoms with E-state index < -0.39 is 12.0 Å². The van der Waals surface area contributed by atoms with Gasteiger partial charge in [-0.3, -0.25) is 9.69 Å². The Morgan fingerprint density at radius 3 is 2.30 bits per heavy atom. The van der Waals surface area contributed by atoms with Gasteiger partial charge in [0.25, 0.3) is 0 Å². The molecule has 0 aromatic rings. The lowest BCUT2D eigenvalue weighted by atomic mass is 9.99. The van der Waals surface area contributed by atoms with E-state index in [1.165, 1.54) is 7.11 Å². The van der Waals surface area contributed by atoms with Crippen LogP contribution in [0.1, 0.15) is 34.1 Å². The predicted octanol–water partition coefficient (Wildman–Crippen LogP) is 0.393. The van der Waals surface area contributed by atoms with Crippen molar-refractivity contribution in [2.75, 3.05) is 26.8 Å². The van der Waals surface area contributed by atoms with Gasteiger partial charge in [-0.1, -0.05) is 20.3 Å². The monoisotopic (exact) mass is 288 g/mol. The van der Waals surface area contributed by atoms with E-state index in [2.05, 4.69) is 5.32 Å². The lowest BCUT2D eigenvalue weighted by Gasteiger charge is -2.27. The van der Waals surface area contributed by atoms with Gasteiger partial charge in [-0.2, -0.15) is 0 Å². The van der Waals surface area contributed by atoms with Crippen LogP contribution in [0.2, 0.25) is 0 Å². The zero-order valence-corrected chi connectivity index (χ0v) is 13.2. The minimum atomic E-state index is -0.624. The number of nitrogens with zero attached hydrogens (tertiary/aromatic N) is 1. The summed E-state index contributed by atoms with van der Waals surface area (Å²) >= 11 is 0. The van der Waals surface area contributed by atoms with E-state index in [4.69, 9.17) is 9.84 Å². The Bertz CT molecular complexity index is 308. The quantitative estimate of drug-likeness (QED) is 0.600. The number of methoxy groups -OCH3 is 1. The molecular formula is C14H28N2O4. The third-order valence-corrected chi connectivity index (χ3v) is 3.45. The Morgan fingerprint density at radius 2 is 1.90 bits per heavy atom. The zero-order valence-electron chi connectivity index (χ0n) is 13.2. The second kappa shape index (κ2) is 9.72. The molecule has 0 spiro atoms. The molecule has 6 nitrogen and oxygen atoms in total. The van der Waals surface area contributed by atoms with E-state index in [9.17, 15) is 9.59 Å². The number of amides is 1. The van der Waals surface area contributed by atoms with Gasteiger partial charge in [-0.25, -0.2) is 4.79 Å². The van der Waals surface area contributed by atoms with Crippen molar-refractivity contribution in [3.05, 3.63) is 0 Å². The van der Waals surface area contributed by atoms with Crippen molar-refractivity contribution in [2.24, 2.45) is 5.92 Å². The Hall–Kier alpha value is -1.14. The molecule has 2 N–H and O–H groups in total. The molecule has 1 amide bonds. The van der Waals surface area contributed by atoms with Crippen molar-refractivity contribution in [2.45, 2.75) is 46.2 Å². The molecular weight excluding hydrogens is 260 g/mol. The first kappa shape index (κ1) is 18.9. The molecule has 0 aliphatic rings. The fourth-order valence-electron chi connectivity index (χ4n) is 1.85. The Kier molecular flexibility index (Phi) is 9.16. The molecule has 118 valence electrons. The molecule has 0 aromatic heterocycles. The number of nitrogens with one attached hydrogen (secondary N) is 1. The topological polar surface area (TPSA) is 78.9 Å². The molecule has 0 aliphatic carbocycles. The first-order chi connectivity index (χ1) is 9.37. The van der Waals surface area contributed by atoms with Crippen LogP contribution < -0.4 is 5.32 Å². The molecule has 0 aliphatic heterocycles. The third-order valence-electron chi connectivity index (χ3n) is 3.45. The van der Waals surface area contributed by atoms with Gasteiger partial charge in [0.1, 0.15) is 6.04 Å². The highest BCUT2D eigenvalue weighted by Crippen LogP contribution is 2.09. The van der Waals surface area contributed by atoms with Crippen molar-refractivity contribution in [3.8, 4) is 0 Å². The molecule has 0 fully saturated rings. The van der Waals surface area contributed by atoms with Gasteiger partial charge in [-0.05, 0) is 19.8 Å². The van der Waals surface area contributed by atoms with Gasteiger partial charge >= 0.3 is 5.97 Å². The average Bonchev–Trinajstić information content (AvgIpc) is 2.42. The summed E-state index contributed by atoms with van der Waals surface area (Å²) in [6.07, 6.45) is 0.768. The largest absolute Gasteiger partial charge is 0.467 e. The number of aliphatic hydroxyl groups is 1. The maximum absolute atomic E-state index is 12.0. The van der Waals surface area contributed by atoms with Crippen molar-refractivity contribution in [1.29, 1.82) is 0 Å². The van der Waals surface area contributed by atoms with E-state index in [1.807, 2.05) is 32.6 Å².